The van der Waals surface area contributed by atoms with E-state index >= 15 is 0 Å². The Kier molecular flexibility index (Phi) is 8.57. The lowest BCUT2D eigenvalue weighted by atomic mass is 9.95. The minimum absolute atomic E-state index is 0.0398. The molecular formula is C24H34F3N3O2. The van der Waals surface area contributed by atoms with Crippen molar-refractivity contribution in [3.63, 3.8) is 0 Å². The first kappa shape index (κ1) is 24.6. The van der Waals surface area contributed by atoms with Crippen LogP contribution in [0.1, 0.15) is 67.8 Å². The van der Waals surface area contributed by atoms with Crippen molar-refractivity contribution in [1.29, 1.82) is 0 Å². The maximum Gasteiger partial charge on any atom is 0.416 e. The topological polar surface area (TPSA) is 52.7 Å². The van der Waals surface area contributed by atoms with Crippen molar-refractivity contribution in [2.24, 2.45) is 5.92 Å². The summed E-state index contributed by atoms with van der Waals surface area (Å²) in [5.41, 5.74) is -0.529. The fourth-order valence-electron chi connectivity index (χ4n) is 4.61. The van der Waals surface area contributed by atoms with Crippen LogP contribution in [0.2, 0.25) is 0 Å². The largest absolute Gasteiger partial charge is 0.416 e. The number of halogens is 3. The van der Waals surface area contributed by atoms with Crippen LogP contribution in [0.15, 0.2) is 24.3 Å². The highest BCUT2D eigenvalue weighted by Crippen LogP contribution is 2.29. The third-order valence-electron chi connectivity index (χ3n) is 6.72. The van der Waals surface area contributed by atoms with Gasteiger partial charge in [0.2, 0.25) is 5.91 Å². The van der Waals surface area contributed by atoms with Crippen LogP contribution < -0.4 is 5.32 Å². The van der Waals surface area contributed by atoms with Crippen molar-refractivity contribution >= 4 is 11.8 Å². The Hall–Kier alpha value is -2.09. The summed E-state index contributed by atoms with van der Waals surface area (Å²) in [5.74, 6) is -0.365. The molecule has 0 spiro atoms. The molecule has 0 aromatic heterocycles. The van der Waals surface area contributed by atoms with E-state index in [1.54, 1.807) is 4.90 Å². The number of nitrogens with one attached hydrogen (secondary N) is 1. The van der Waals surface area contributed by atoms with Gasteiger partial charge in [-0.3, -0.25) is 9.59 Å². The second-order valence-corrected chi connectivity index (χ2v) is 9.02. The van der Waals surface area contributed by atoms with Gasteiger partial charge in [-0.25, -0.2) is 0 Å². The van der Waals surface area contributed by atoms with Gasteiger partial charge in [0, 0.05) is 37.2 Å². The van der Waals surface area contributed by atoms with Crippen LogP contribution in [-0.2, 0) is 11.0 Å². The molecule has 1 N–H and O–H groups in total. The number of piperidine rings is 2. The molecule has 0 aliphatic carbocycles. The third-order valence-corrected chi connectivity index (χ3v) is 6.72. The molecule has 2 heterocycles. The SMILES string of the molecule is CC1CCCCN1CCCCNC(=O)C1CCN(C(=O)c2ccc(C(F)(F)F)cc2)CC1. The van der Waals surface area contributed by atoms with E-state index < -0.39 is 11.7 Å². The van der Waals surface area contributed by atoms with E-state index in [9.17, 15) is 22.8 Å². The second kappa shape index (κ2) is 11.2. The normalized spacial score (nSPS) is 20.9. The number of rotatable bonds is 7. The number of hydrogen-bond donors (Lipinski definition) is 1. The average molecular weight is 454 g/mol. The van der Waals surface area contributed by atoms with Gasteiger partial charge in [-0.2, -0.15) is 13.2 Å². The van der Waals surface area contributed by atoms with Crippen LogP contribution in [0.4, 0.5) is 13.2 Å². The summed E-state index contributed by atoms with van der Waals surface area (Å²) >= 11 is 0. The molecule has 0 bridgehead atoms. The van der Waals surface area contributed by atoms with Crippen LogP contribution >= 0.6 is 0 Å². The number of amides is 2. The fraction of sp³-hybridized carbons (Fsp3) is 0.667. The number of carbonyl (C=O) groups excluding carboxylic acids is 2. The van der Waals surface area contributed by atoms with Gasteiger partial charge in [-0.1, -0.05) is 6.42 Å². The van der Waals surface area contributed by atoms with E-state index in [-0.39, 0.29) is 23.3 Å². The van der Waals surface area contributed by atoms with Gasteiger partial charge in [0.05, 0.1) is 5.56 Å². The fourth-order valence-corrected chi connectivity index (χ4v) is 4.61. The van der Waals surface area contributed by atoms with E-state index in [4.69, 9.17) is 0 Å². The Morgan fingerprint density at radius 1 is 1.00 bits per heavy atom. The molecule has 32 heavy (non-hydrogen) atoms. The summed E-state index contributed by atoms with van der Waals surface area (Å²) in [4.78, 5) is 29.2. The number of unbranched alkanes of at least 4 members (excludes halogenated alkanes) is 1. The minimum atomic E-state index is -4.42. The minimum Gasteiger partial charge on any atom is -0.356 e. The molecule has 2 aliphatic rings. The van der Waals surface area contributed by atoms with Crippen molar-refractivity contribution in [2.45, 2.75) is 64.1 Å². The molecule has 2 amide bonds. The zero-order valence-corrected chi connectivity index (χ0v) is 18.8. The summed E-state index contributed by atoms with van der Waals surface area (Å²) < 4.78 is 38.1. The summed E-state index contributed by atoms with van der Waals surface area (Å²) in [5, 5.41) is 3.03. The molecule has 2 aliphatic heterocycles. The Morgan fingerprint density at radius 3 is 2.31 bits per heavy atom. The molecular weight excluding hydrogens is 419 g/mol. The number of carbonyl (C=O) groups is 2. The molecule has 1 aromatic carbocycles. The van der Waals surface area contributed by atoms with Crippen molar-refractivity contribution in [1.82, 2.24) is 15.1 Å². The summed E-state index contributed by atoms with van der Waals surface area (Å²) in [6.07, 6.45) is 2.64. The molecule has 1 atom stereocenters. The smallest absolute Gasteiger partial charge is 0.356 e. The Morgan fingerprint density at radius 2 is 1.69 bits per heavy atom. The highest BCUT2D eigenvalue weighted by atomic mass is 19.4. The molecule has 0 radical (unpaired) electrons. The molecule has 3 rings (SSSR count). The predicted octanol–water partition coefficient (Wildman–Crippen LogP) is 4.33. The monoisotopic (exact) mass is 453 g/mol. The maximum absolute atomic E-state index is 12.7. The Bertz CT molecular complexity index is 759. The first-order valence-corrected chi connectivity index (χ1v) is 11.7. The van der Waals surface area contributed by atoms with Crippen molar-refractivity contribution in [3.05, 3.63) is 35.4 Å². The molecule has 1 aromatic rings. The van der Waals surface area contributed by atoms with Crippen LogP contribution in [0, 0.1) is 5.92 Å². The first-order chi connectivity index (χ1) is 15.3. The Balaban J connectivity index is 1.34. The summed E-state index contributed by atoms with van der Waals surface area (Å²) in [7, 11) is 0. The van der Waals surface area contributed by atoms with Crippen LogP contribution in [0.25, 0.3) is 0 Å². The molecule has 1 unspecified atom stereocenters. The number of hydrogen-bond acceptors (Lipinski definition) is 3. The molecule has 2 fully saturated rings. The van der Waals surface area contributed by atoms with E-state index in [0.717, 1.165) is 31.5 Å². The van der Waals surface area contributed by atoms with Crippen molar-refractivity contribution in [2.75, 3.05) is 32.7 Å². The van der Waals surface area contributed by atoms with E-state index in [1.807, 2.05) is 0 Å². The van der Waals surface area contributed by atoms with Crippen LogP contribution in [0.3, 0.4) is 0 Å². The molecule has 0 saturated carbocycles. The maximum atomic E-state index is 12.7. The zero-order valence-electron chi connectivity index (χ0n) is 18.8. The lowest BCUT2D eigenvalue weighted by Gasteiger charge is -2.33. The number of likely N-dealkylation sites (tertiary alicyclic amines) is 2. The van der Waals surface area contributed by atoms with Crippen molar-refractivity contribution < 1.29 is 22.8 Å². The predicted molar refractivity (Wildman–Crippen MR) is 117 cm³/mol. The van der Waals surface area contributed by atoms with E-state index in [1.165, 1.54) is 37.9 Å². The number of alkyl halides is 3. The summed E-state index contributed by atoms with van der Waals surface area (Å²) in [6.45, 7) is 6.09. The zero-order chi connectivity index (χ0) is 23.1. The molecule has 8 heteroatoms. The lowest BCUT2D eigenvalue weighted by Crippen LogP contribution is -2.43. The van der Waals surface area contributed by atoms with Gasteiger partial charge >= 0.3 is 6.18 Å². The highest BCUT2D eigenvalue weighted by molar-refractivity contribution is 5.94. The standard InChI is InChI=1S/C24H34F3N3O2/c1-18-6-2-4-14-29(18)15-5-3-13-28-22(31)19-11-16-30(17-12-19)23(32)20-7-9-21(10-8-20)24(25,26)27/h7-10,18-19H,2-6,11-17H2,1H3,(H,28,31). The third kappa shape index (κ3) is 6.70. The quantitative estimate of drug-likeness (QED) is 0.626. The highest BCUT2D eigenvalue weighted by Gasteiger charge is 2.31. The molecule has 178 valence electrons. The van der Waals surface area contributed by atoms with Gasteiger partial charge in [0.15, 0.2) is 0 Å². The Labute approximate surface area is 188 Å². The van der Waals surface area contributed by atoms with Gasteiger partial charge in [-0.15, -0.1) is 0 Å². The number of nitrogens with zero attached hydrogens (tertiary/aromatic N) is 2. The van der Waals surface area contributed by atoms with Gasteiger partial charge < -0.3 is 15.1 Å². The van der Waals surface area contributed by atoms with Crippen molar-refractivity contribution in [3.8, 4) is 0 Å². The average Bonchev–Trinajstić information content (AvgIpc) is 2.79. The van der Waals surface area contributed by atoms with Gasteiger partial charge in [-0.05, 0) is 82.8 Å². The van der Waals surface area contributed by atoms with Crippen LogP contribution in [0.5, 0.6) is 0 Å². The van der Waals surface area contributed by atoms with Gasteiger partial charge in [0.25, 0.3) is 5.91 Å². The van der Waals surface area contributed by atoms with Crippen LogP contribution in [-0.4, -0.2) is 60.4 Å². The van der Waals surface area contributed by atoms with E-state index in [0.29, 0.717) is 38.5 Å². The van der Waals surface area contributed by atoms with E-state index in [2.05, 4.69) is 17.1 Å². The lowest BCUT2D eigenvalue weighted by molar-refractivity contribution is -0.137. The second-order valence-electron chi connectivity index (χ2n) is 9.02. The first-order valence-electron chi connectivity index (χ1n) is 11.7. The number of benzene rings is 1. The molecule has 2 saturated heterocycles. The van der Waals surface area contributed by atoms with Gasteiger partial charge in [0.1, 0.15) is 0 Å². The molecule has 5 nitrogen and oxygen atoms in total. The summed E-state index contributed by atoms with van der Waals surface area (Å²) in [6, 6.07) is 4.95.